The van der Waals surface area contributed by atoms with Crippen molar-refractivity contribution >= 4 is 28.6 Å². The number of carbonyl (C=O) groups is 1. The Morgan fingerprint density at radius 1 is 1.10 bits per heavy atom. The summed E-state index contributed by atoms with van der Waals surface area (Å²) < 4.78 is 1.67. The minimum Gasteiger partial charge on any atom is -0.349 e. The highest BCUT2D eigenvalue weighted by Gasteiger charge is 2.17. The van der Waals surface area contributed by atoms with Gasteiger partial charge in [-0.15, -0.1) is 0 Å². The van der Waals surface area contributed by atoms with E-state index in [2.05, 4.69) is 28.5 Å². The number of para-hydroxylation sites is 1. The third-order valence-electron chi connectivity index (χ3n) is 5.87. The summed E-state index contributed by atoms with van der Waals surface area (Å²) in [6, 6.07) is 13.8. The molecule has 4 rings (SSSR count). The minimum atomic E-state index is -0.0639. The molecular weight excluding hydrogens is 406 g/mol. The van der Waals surface area contributed by atoms with Crippen molar-refractivity contribution < 1.29 is 4.79 Å². The molecule has 0 bridgehead atoms. The molecule has 1 N–H and O–H groups in total. The molecule has 0 unspecified atom stereocenters. The first kappa shape index (κ1) is 21.6. The van der Waals surface area contributed by atoms with Gasteiger partial charge in [-0.2, -0.15) is 0 Å². The van der Waals surface area contributed by atoms with E-state index < -0.39 is 0 Å². The van der Waals surface area contributed by atoms with E-state index in [9.17, 15) is 9.59 Å². The molecule has 1 amide bonds. The van der Waals surface area contributed by atoms with Gasteiger partial charge in [-0.25, -0.2) is 4.98 Å². The van der Waals surface area contributed by atoms with Gasteiger partial charge in [-0.05, 0) is 75.3 Å². The molecule has 2 aromatic carbocycles. The zero-order valence-corrected chi connectivity index (χ0v) is 19.2. The highest BCUT2D eigenvalue weighted by Crippen LogP contribution is 2.25. The van der Waals surface area contributed by atoms with Gasteiger partial charge >= 0.3 is 0 Å². The van der Waals surface area contributed by atoms with Crippen LogP contribution in [-0.2, 0) is 17.6 Å². The van der Waals surface area contributed by atoms with Crippen LogP contribution in [0.25, 0.3) is 10.9 Å². The van der Waals surface area contributed by atoms with Crippen LogP contribution in [0.15, 0.2) is 52.4 Å². The number of hydrogen-bond donors (Lipinski definition) is 1. The van der Waals surface area contributed by atoms with E-state index in [0.29, 0.717) is 16.1 Å². The number of thioether (sulfide) groups is 1. The number of hydrogen-bond acceptors (Lipinski definition) is 4. The van der Waals surface area contributed by atoms with Gasteiger partial charge in [0.2, 0.25) is 5.91 Å². The van der Waals surface area contributed by atoms with Crippen LogP contribution in [0.5, 0.6) is 0 Å². The Kier molecular flexibility index (Phi) is 6.46. The molecule has 0 saturated heterocycles. The van der Waals surface area contributed by atoms with Crippen LogP contribution in [0.4, 0.5) is 0 Å². The van der Waals surface area contributed by atoms with Crippen molar-refractivity contribution in [3.8, 4) is 0 Å². The van der Waals surface area contributed by atoms with Gasteiger partial charge in [-0.3, -0.25) is 14.2 Å². The Bertz CT molecular complexity index is 1170. The molecule has 1 aliphatic carbocycles. The third kappa shape index (κ3) is 4.69. The van der Waals surface area contributed by atoms with Gasteiger partial charge in [0.1, 0.15) is 0 Å². The number of benzene rings is 2. The Balaban J connectivity index is 1.47. The molecule has 1 aliphatic rings. The van der Waals surface area contributed by atoms with Gasteiger partial charge in [0, 0.05) is 6.04 Å². The number of aryl methyl sites for hydroxylation is 2. The number of nitrogens with zero attached hydrogens (tertiary/aromatic N) is 2. The first-order valence-electron chi connectivity index (χ1n) is 11.0. The summed E-state index contributed by atoms with van der Waals surface area (Å²) in [6.45, 7) is 5.94. The lowest BCUT2D eigenvalue weighted by Gasteiger charge is -2.20. The first-order valence-corrected chi connectivity index (χ1v) is 12.0. The van der Waals surface area contributed by atoms with Gasteiger partial charge in [0.25, 0.3) is 5.56 Å². The van der Waals surface area contributed by atoms with Crippen LogP contribution in [0.2, 0.25) is 0 Å². The third-order valence-corrected chi connectivity index (χ3v) is 6.83. The van der Waals surface area contributed by atoms with E-state index in [-0.39, 0.29) is 29.3 Å². The number of amides is 1. The lowest BCUT2D eigenvalue weighted by Crippen LogP contribution is -2.29. The van der Waals surface area contributed by atoms with Crippen molar-refractivity contribution in [1.29, 1.82) is 0 Å². The van der Waals surface area contributed by atoms with Gasteiger partial charge in [-0.1, -0.05) is 42.1 Å². The predicted molar refractivity (Wildman–Crippen MR) is 127 cm³/mol. The maximum atomic E-state index is 12.9. The van der Waals surface area contributed by atoms with E-state index in [1.54, 1.807) is 10.6 Å². The normalized spacial score (nSPS) is 14.5. The maximum absolute atomic E-state index is 12.9. The molecule has 1 atom stereocenters. The fourth-order valence-corrected chi connectivity index (χ4v) is 5.14. The van der Waals surface area contributed by atoms with Gasteiger partial charge in [0.15, 0.2) is 5.16 Å². The predicted octanol–water partition coefficient (Wildman–Crippen LogP) is 4.83. The summed E-state index contributed by atoms with van der Waals surface area (Å²) in [5, 5.41) is 4.28. The van der Waals surface area contributed by atoms with Gasteiger partial charge in [0.05, 0.1) is 22.7 Å². The van der Waals surface area contributed by atoms with E-state index in [0.717, 1.165) is 18.4 Å². The second-order valence-electron chi connectivity index (χ2n) is 8.49. The number of aromatic nitrogens is 2. The van der Waals surface area contributed by atoms with E-state index in [1.807, 2.05) is 39.0 Å². The zero-order valence-electron chi connectivity index (χ0n) is 18.4. The van der Waals surface area contributed by atoms with E-state index >= 15 is 0 Å². The second kappa shape index (κ2) is 9.27. The van der Waals surface area contributed by atoms with E-state index in [1.165, 1.54) is 35.7 Å². The monoisotopic (exact) mass is 435 g/mol. The summed E-state index contributed by atoms with van der Waals surface area (Å²) in [6.07, 6.45) is 4.79. The topological polar surface area (TPSA) is 64.0 Å². The zero-order chi connectivity index (χ0) is 22.0. The molecule has 1 heterocycles. The van der Waals surface area contributed by atoms with Crippen molar-refractivity contribution in [1.82, 2.24) is 14.9 Å². The van der Waals surface area contributed by atoms with Crippen LogP contribution in [0.1, 0.15) is 62.4 Å². The SMILES string of the molecule is CC(C)n1c(SCC(=O)N[C@@H](C)c2ccc3c(c2)CCCC3)nc2ccccc2c1=O. The molecule has 3 aromatic rings. The van der Waals surface area contributed by atoms with Crippen molar-refractivity contribution in [2.24, 2.45) is 0 Å². The van der Waals surface area contributed by atoms with Crippen molar-refractivity contribution in [3.05, 3.63) is 69.5 Å². The molecule has 5 nitrogen and oxygen atoms in total. The van der Waals surface area contributed by atoms with Crippen molar-refractivity contribution in [2.45, 2.75) is 63.7 Å². The average Bonchev–Trinajstić information content (AvgIpc) is 2.77. The number of carbonyl (C=O) groups excluding carboxylic acids is 1. The molecule has 0 radical (unpaired) electrons. The number of nitrogens with one attached hydrogen (secondary N) is 1. The fourth-order valence-electron chi connectivity index (χ4n) is 4.20. The van der Waals surface area contributed by atoms with Crippen molar-refractivity contribution in [2.75, 3.05) is 5.75 Å². The summed E-state index contributed by atoms with van der Waals surface area (Å²) in [4.78, 5) is 30.3. The Hall–Kier alpha value is -2.60. The van der Waals surface area contributed by atoms with Gasteiger partial charge < -0.3 is 5.32 Å². The van der Waals surface area contributed by atoms with Crippen LogP contribution in [-0.4, -0.2) is 21.2 Å². The second-order valence-corrected chi connectivity index (χ2v) is 9.44. The maximum Gasteiger partial charge on any atom is 0.262 e. The molecule has 6 heteroatoms. The van der Waals surface area contributed by atoms with E-state index in [4.69, 9.17) is 0 Å². The molecule has 0 spiro atoms. The lowest BCUT2D eigenvalue weighted by molar-refractivity contribution is -0.119. The lowest BCUT2D eigenvalue weighted by atomic mass is 9.89. The molecule has 0 fully saturated rings. The Morgan fingerprint density at radius 3 is 2.61 bits per heavy atom. The first-order chi connectivity index (χ1) is 14.9. The highest BCUT2D eigenvalue weighted by atomic mass is 32.2. The Morgan fingerprint density at radius 2 is 1.84 bits per heavy atom. The summed E-state index contributed by atoms with van der Waals surface area (Å²) >= 11 is 1.31. The molecular formula is C25H29N3O2S. The molecule has 1 aromatic heterocycles. The summed E-state index contributed by atoms with van der Waals surface area (Å²) in [7, 11) is 0. The number of rotatable bonds is 6. The van der Waals surface area contributed by atoms with Crippen molar-refractivity contribution in [3.63, 3.8) is 0 Å². The van der Waals surface area contributed by atoms with Crippen LogP contribution >= 0.6 is 11.8 Å². The quantitative estimate of drug-likeness (QED) is 0.445. The average molecular weight is 436 g/mol. The van der Waals surface area contributed by atoms with Crippen LogP contribution < -0.4 is 10.9 Å². The summed E-state index contributed by atoms with van der Waals surface area (Å²) in [5.74, 6) is 0.153. The molecule has 0 aliphatic heterocycles. The molecule has 162 valence electrons. The minimum absolute atomic E-state index is 0.0374. The smallest absolute Gasteiger partial charge is 0.262 e. The molecule has 0 saturated carbocycles. The van der Waals surface area contributed by atoms with Crippen LogP contribution in [0.3, 0.4) is 0 Å². The summed E-state index contributed by atoms with van der Waals surface area (Å²) in [5.41, 5.74) is 4.60. The standard InChI is InChI=1S/C25H29N3O2S/c1-16(2)28-24(30)21-10-6-7-11-22(21)27-25(28)31-15-23(29)26-17(3)19-13-12-18-8-4-5-9-20(18)14-19/h6-7,10-14,16-17H,4-5,8-9,15H2,1-3H3,(H,26,29)/t17-/m0/s1. The molecule has 31 heavy (non-hydrogen) atoms. The van der Waals surface area contributed by atoms with Crippen LogP contribution in [0, 0.1) is 0 Å². The number of fused-ring (bicyclic) bond motifs is 2. The Labute approximate surface area is 187 Å². The fraction of sp³-hybridized carbons (Fsp3) is 0.400. The largest absolute Gasteiger partial charge is 0.349 e. The highest BCUT2D eigenvalue weighted by molar-refractivity contribution is 7.99.